The standard InChI is InChI=1S/C15H22N8S/c1-8-16-11-9(10(14(2,3)4)22-23(11)21-8)17-19-13-20-18-12(24-13)15(5,6)7/h1-7H3,(H,16,21). The summed E-state index contributed by atoms with van der Waals surface area (Å²) in [6.07, 6.45) is 0. The van der Waals surface area contributed by atoms with Gasteiger partial charge in [0.2, 0.25) is 0 Å². The van der Waals surface area contributed by atoms with Crippen molar-refractivity contribution in [3.8, 4) is 0 Å². The topological polar surface area (TPSA) is 96.5 Å². The molecule has 0 aromatic carbocycles. The normalized spacial score (nSPS) is 13.5. The van der Waals surface area contributed by atoms with Crippen molar-refractivity contribution in [1.82, 2.24) is 30.0 Å². The van der Waals surface area contributed by atoms with Crippen molar-refractivity contribution in [3.63, 3.8) is 0 Å². The minimum atomic E-state index is -0.172. The number of nitrogens with zero attached hydrogens (tertiary/aromatic N) is 7. The molecular formula is C15H22N8S. The molecular weight excluding hydrogens is 324 g/mol. The van der Waals surface area contributed by atoms with E-state index in [4.69, 9.17) is 0 Å². The van der Waals surface area contributed by atoms with Gasteiger partial charge in [0.15, 0.2) is 11.3 Å². The zero-order chi connectivity index (χ0) is 17.7. The summed E-state index contributed by atoms with van der Waals surface area (Å²) >= 11 is 1.45. The van der Waals surface area contributed by atoms with E-state index in [9.17, 15) is 0 Å². The molecule has 9 heteroatoms. The minimum Gasteiger partial charge on any atom is -0.324 e. The smallest absolute Gasteiger partial charge is 0.251 e. The van der Waals surface area contributed by atoms with Gasteiger partial charge in [-0.3, -0.25) is 0 Å². The highest BCUT2D eigenvalue weighted by Gasteiger charge is 2.26. The first-order chi connectivity index (χ1) is 11.1. The Bertz CT molecular complexity index is 900. The van der Waals surface area contributed by atoms with Crippen LogP contribution in [0.2, 0.25) is 0 Å². The Kier molecular flexibility index (Phi) is 3.78. The molecule has 0 aliphatic carbocycles. The van der Waals surface area contributed by atoms with Crippen LogP contribution in [0.25, 0.3) is 5.65 Å². The third-order valence-electron chi connectivity index (χ3n) is 3.39. The highest BCUT2D eigenvalue weighted by atomic mass is 32.1. The van der Waals surface area contributed by atoms with Crippen LogP contribution in [0.1, 0.15) is 58.1 Å². The van der Waals surface area contributed by atoms with Crippen LogP contribution in [0.15, 0.2) is 10.2 Å². The molecule has 1 N–H and O–H groups in total. The zero-order valence-corrected chi connectivity index (χ0v) is 15.9. The van der Waals surface area contributed by atoms with Crippen LogP contribution in [0.4, 0.5) is 10.8 Å². The lowest BCUT2D eigenvalue weighted by Crippen LogP contribution is -2.12. The van der Waals surface area contributed by atoms with E-state index in [1.165, 1.54) is 11.3 Å². The number of rotatable bonds is 2. The molecule has 0 saturated heterocycles. The van der Waals surface area contributed by atoms with Crippen LogP contribution in [0, 0.1) is 6.92 Å². The first kappa shape index (κ1) is 16.7. The van der Waals surface area contributed by atoms with Gasteiger partial charge in [0.05, 0.1) is 5.69 Å². The van der Waals surface area contributed by atoms with Crippen molar-refractivity contribution >= 4 is 27.8 Å². The van der Waals surface area contributed by atoms with Crippen LogP contribution in [0.5, 0.6) is 0 Å². The molecule has 3 aromatic rings. The number of aryl methyl sites for hydroxylation is 1. The summed E-state index contributed by atoms with van der Waals surface area (Å²) in [6.45, 7) is 14.4. The molecule has 3 rings (SSSR count). The Balaban J connectivity index is 2.03. The highest BCUT2D eigenvalue weighted by Crippen LogP contribution is 2.35. The fourth-order valence-electron chi connectivity index (χ4n) is 2.17. The fraction of sp³-hybridized carbons (Fsp3) is 0.600. The number of aromatic amines is 1. The maximum atomic E-state index is 4.55. The summed E-state index contributed by atoms with van der Waals surface area (Å²) < 4.78 is 1.57. The van der Waals surface area contributed by atoms with Crippen LogP contribution in [-0.4, -0.2) is 30.0 Å². The summed E-state index contributed by atoms with van der Waals surface area (Å²) in [5, 5.41) is 27.4. The average Bonchev–Trinajstić information content (AvgIpc) is 3.08. The van der Waals surface area contributed by atoms with E-state index in [2.05, 4.69) is 77.1 Å². The van der Waals surface area contributed by atoms with E-state index in [0.717, 1.165) is 22.2 Å². The monoisotopic (exact) mass is 346 g/mol. The molecule has 0 radical (unpaired) electrons. The quantitative estimate of drug-likeness (QED) is 0.702. The second-order valence-electron chi connectivity index (χ2n) is 7.84. The first-order valence-electron chi connectivity index (χ1n) is 7.77. The number of azo groups is 1. The molecule has 0 aliphatic heterocycles. The fourth-order valence-corrected chi connectivity index (χ4v) is 2.89. The maximum Gasteiger partial charge on any atom is 0.251 e. The van der Waals surface area contributed by atoms with E-state index in [1.807, 2.05) is 6.92 Å². The molecule has 8 nitrogen and oxygen atoms in total. The Hall–Kier alpha value is -2.16. The van der Waals surface area contributed by atoms with E-state index >= 15 is 0 Å². The third-order valence-corrected chi connectivity index (χ3v) is 4.62. The van der Waals surface area contributed by atoms with Crippen molar-refractivity contribution in [2.24, 2.45) is 10.2 Å². The largest absolute Gasteiger partial charge is 0.324 e. The lowest BCUT2D eigenvalue weighted by molar-refractivity contribution is 0.557. The summed E-state index contributed by atoms with van der Waals surface area (Å²) in [5.41, 5.74) is 2.05. The van der Waals surface area contributed by atoms with E-state index in [1.54, 1.807) is 4.63 Å². The molecule has 3 heterocycles. The van der Waals surface area contributed by atoms with Crippen LogP contribution in [0.3, 0.4) is 0 Å². The molecule has 0 bridgehead atoms. The van der Waals surface area contributed by atoms with Gasteiger partial charge in [0.1, 0.15) is 10.8 Å². The molecule has 0 unspecified atom stereocenters. The molecule has 0 atom stereocenters. The van der Waals surface area contributed by atoms with Gasteiger partial charge in [-0.2, -0.15) is 5.10 Å². The number of H-pyrrole nitrogens is 1. The summed E-state index contributed by atoms with van der Waals surface area (Å²) in [7, 11) is 0. The Labute approximate surface area is 144 Å². The van der Waals surface area contributed by atoms with Gasteiger partial charge in [-0.25, -0.2) is 0 Å². The van der Waals surface area contributed by atoms with Crippen LogP contribution in [-0.2, 0) is 10.8 Å². The zero-order valence-electron chi connectivity index (χ0n) is 15.0. The van der Waals surface area contributed by atoms with Gasteiger partial charge < -0.3 is 4.98 Å². The van der Waals surface area contributed by atoms with Gasteiger partial charge in [-0.1, -0.05) is 52.9 Å². The van der Waals surface area contributed by atoms with Gasteiger partial charge in [0, 0.05) is 10.8 Å². The van der Waals surface area contributed by atoms with Gasteiger partial charge in [-0.05, 0) is 6.92 Å². The molecule has 0 amide bonds. The number of aromatic nitrogens is 6. The predicted molar refractivity (Wildman–Crippen MR) is 93.6 cm³/mol. The third kappa shape index (κ3) is 3.08. The van der Waals surface area contributed by atoms with Crippen LogP contribution < -0.4 is 0 Å². The predicted octanol–water partition coefficient (Wildman–Crippen LogP) is 4.23. The number of nitrogens with one attached hydrogen (secondary N) is 1. The van der Waals surface area contributed by atoms with Crippen LogP contribution >= 0.6 is 11.3 Å². The van der Waals surface area contributed by atoms with Crippen molar-refractivity contribution < 1.29 is 0 Å². The molecule has 3 aromatic heterocycles. The summed E-state index contributed by atoms with van der Waals surface area (Å²) in [4.78, 5) is 3.19. The Morgan fingerprint density at radius 1 is 0.958 bits per heavy atom. The van der Waals surface area contributed by atoms with Crippen molar-refractivity contribution in [3.05, 3.63) is 16.5 Å². The molecule has 0 saturated carbocycles. The maximum absolute atomic E-state index is 4.55. The number of hydrogen-bond donors (Lipinski definition) is 1. The molecule has 128 valence electrons. The highest BCUT2D eigenvalue weighted by molar-refractivity contribution is 7.15. The van der Waals surface area contributed by atoms with Crippen molar-refractivity contribution in [2.45, 2.75) is 59.3 Å². The molecule has 0 spiro atoms. The van der Waals surface area contributed by atoms with Crippen molar-refractivity contribution in [1.29, 1.82) is 0 Å². The molecule has 24 heavy (non-hydrogen) atoms. The second-order valence-corrected chi connectivity index (χ2v) is 8.79. The SMILES string of the molecule is Cc1nn2nc(C(C)(C)C)c(N=Nc3nnc(C(C)(C)C)s3)c2[nH]1. The van der Waals surface area contributed by atoms with E-state index in [-0.39, 0.29) is 10.8 Å². The lowest BCUT2D eigenvalue weighted by atomic mass is 9.91. The Morgan fingerprint density at radius 3 is 2.25 bits per heavy atom. The minimum absolute atomic E-state index is 0.0481. The van der Waals surface area contributed by atoms with E-state index < -0.39 is 0 Å². The molecule has 0 fully saturated rings. The van der Waals surface area contributed by atoms with Crippen molar-refractivity contribution in [2.75, 3.05) is 0 Å². The van der Waals surface area contributed by atoms with Gasteiger partial charge in [0.25, 0.3) is 5.13 Å². The summed E-state index contributed by atoms with van der Waals surface area (Å²) in [6, 6.07) is 0. The van der Waals surface area contributed by atoms with Gasteiger partial charge in [-0.15, -0.1) is 30.2 Å². The first-order valence-corrected chi connectivity index (χ1v) is 8.59. The number of hydrogen-bond acceptors (Lipinski definition) is 7. The second kappa shape index (κ2) is 5.44. The van der Waals surface area contributed by atoms with Gasteiger partial charge >= 0.3 is 0 Å². The average molecular weight is 346 g/mol. The Morgan fingerprint density at radius 2 is 1.67 bits per heavy atom. The number of fused-ring (bicyclic) bond motifs is 1. The lowest BCUT2D eigenvalue weighted by Gasteiger charge is -2.14. The van der Waals surface area contributed by atoms with E-state index in [0.29, 0.717) is 10.8 Å². The summed E-state index contributed by atoms with van der Waals surface area (Å²) in [5.74, 6) is 0.778. The molecule has 0 aliphatic rings.